The minimum Gasteiger partial charge on any atom is -0.497 e. The Balaban J connectivity index is 0.000000360. The molecule has 1 aromatic heterocycles. The van der Waals surface area contributed by atoms with Gasteiger partial charge in [0.05, 0.1) is 12.5 Å². The highest BCUT2D eigenvalue weighted by Crippen LogP contribution is 2.56. The first kappa shape index (κ1) is 36.9. The third kappa shape index (κ3) is 9.24. The number of nitrogens with zero attached hydrogens (tertiary/aromatic N) is 3. The largest absolute Gasteiger partial charge is 0.497 e. The maximum Gasteiger partial charge on any atom is 0.490 e. The van der Waals surface area contributed by atoms with Crippen molar-refractivity contribution in [2.24, 2.45) is 10.8 Å². The first-order valence-corrected chi connectivity index (χ1v) is 14.1. The van der Waals surface area contributed by atoms with Crippen molar-refractivity contribution in [3.8, 4) is 5.75 Å². The minimum atomic E-state index is -5.08. The number of carboxylic acid groups (broad SMARTS) is 2. The van der Waals surface area contributed by atoms with E-state index in [1.807, 2.05) is 41.4 Å². The van der Waals surface area contributed by atoms with Crippen LogP contribution >= 0.6 is 0 Å². The SMILES string of the molecule is COc1cccc(NC(=O)N2CCC3(CC2)CN(Cc2cccnc2)CC32CCNC2=O)c1.O=C(O)C(F)(F)F.O=C(O)C(F)(F)F. The number of pyridine rings is 1. The number of ether oxygens (including phenoxy) is 1. The predicted molar refractivity (Wildman–Crippen MR) is 152 cm³/mol. The molecule has 3 amide bonds. The number of aromatic nitrogens is 1. The zero-order chi connectivity index (χ0) is 35.0. The fraction of sp³-hybridized carbons (Fsp3) is 0.483. The van der Waals surface area contributed by atoms with Crippen molar-refractivity contribution >= 4 is 29.6 Å². The predicted octanol–water partition coefficient (Wildman–Crippen LogP) is 3.99. The second-order valence-electron chi connectivity index (χ2n) is 11.1. The van der Waals surface area contributed by atoms with Crippen molar-refractivity contribution in [1.82, 2.24) is 20.1 Å². The Bertz CT molecular complexity index is 1390. The number of likely N-dealkylation sites (tertiary alicyclic amines) is 2. The summed E-state index contributed by atoms with van der Waals surface area (Å²) in [6.45, 7) is 4.47. The fourth-order valence-corrected chi connectivity index (χ4v) is 6.05. The van der Waals surface area contributed by atoms with Crippen LogP contribution in [0.15, 0.2) is 48.8 Å². The molecule has 2 aromatic rings. The van der Waals surface area contributed by atoms with Crippen LogP contribution in [-0.2, 0) is 20.9 Å². The number of carbonyl (C=O) groups excluding carboxylic acids is 2. The van der Waals surface area contributed by atoms with Gasteiger partial charge in [-0.05, 0) is 43.0 Å². The lowest BCUT2D eigenvalue weighted by molar-refractivity contribution is -0.193. The second kappa shape index (κ2) is 14.9. The van der Waals surface area contributed by atoms with Crippen LogP contribution in [0.25, 0.3) is 0 Å². The van der Waals surface area contributed by atoms with E-state index in [-0.39, 0.29) is 22.8 Å². The van der Waals surface area contributed by atoms with Gasteiger partial charge in [0.1, 0.15) is 5.75 Å². The summed E-state index contributed by atoms with van der Waals surface area (Å²) < 4.78 is 68.7. The highest BCUT2D eigenvalue weighted by Gasteiger charge is 2.63. The number of carboxylic acids is 2. The zero-order valence-corrected chi connectivity index (χ0v) is 25.0. The Hall–Kier alpha value is -4.61. The molecule has 0 radical (unpaired) electrons. The summed E-state index contributed by atoms with van der Waals surface area (Å²) in [7, 11) is 1.61. The summed E-state index contributed by atoms with van der Waals surface area (Å²) in [6.07, 6.45) is -3.96. The van der Waals surface area contributed by atoms with Gasteiger partial charge in [0.25, 0.3) is 0 Å². The molecular formula is C29H33F6N5O7. The molecule has 0 aliphatic carbocycles. The van der Waals surface area contributed by atoms with Crippen molar-refractivity contribution in [2.75, 3.05) is 45.2 Å². The molecule has 3 aliphatic rings. The average Bonchev–Trinajstić information content (AvgIpc) is 3.52. The van der Waals surface area contributed by atoms with E-state index >= 15 is 0 Å². The maximum absolute atomic E-state index is 13.1. The van der Waals surface area contributed by atoms with Gasteiger partial charge in [-0.3, -0.25) is 14.7 Å². The highest BCUT2D eigenvalue weighted by molar-refractivity contribution is 5.90. The first-order chi connectivity index (χ1) is 21.9. The van der Waals surface area contributed by atoms with E-state index < -0.39 is 24.3 Å². The van der Waals surface area contributed by atoms with Gasteiger partial charge in [-0.15, -0.1) is 0 Å². The molecule has 3 fully saturated rings. The Morgan fingerprint density at radius 3 is 2.09 bits per heavy atom. The van der Waals surface area contributed by atoms with E-state index in [1.54, 1.807) is 13.3 Å². The zero-order valence-electron chi connectivity index (χ0n) is 25.0. The molecule has 258 valence electrons. The van der Waals surface area contributed by atoms with E-state index in [4.69, 9.17) is 24.5 Å². The number of fused-ring (bicyclic) bond motifs is 1. The molecule has 1 unspecified atom stereocenters. The number of halogens is 6. The molecule has 5 rings (SSSR count). The highest BCUT2D eigenvalue weighted by atomic mass is 19.4. The summed E-state index contributed by atoms with van der Waals surface area (Å²) in [6, 6.07) is 11.3. The van der Waals surface area contributed by atoms with Crippen LogP contribution in [0.3, 0.4) is 0 Å². The first-order valence-electron chi connectivity index (χ1n) is 14.1. The van der Waals surface area contributed by atoms with Crippen LogP contribution in [0.4, 0.5) is 36.8 Å². The molecule has 0 bridgehead atoms. The van der Waals surface area contributed by atoms with E-state index in [9.17, 15) is 35.9 Å². The van der Waals surface area contributed by atoms with Gasteiger partial charge in [0.15, 0.2) is 0 Å². The van der Waals surface area contributed by atoms with Crippen molar-refractivity contribution < 1.29 is 60.5 Å². The smallest absolute Gasteiger partial charge is 0.490 e. The molecular weight excluding hydrogens is 644 g/mol. The van der Waals surface area contributed by atoms with Gasteiger partial charge < -0.3 is 30.5 Å². The topological polar surface area (TPSA) is 161 Å². The molecule has 1 aromatic carbocycles. The summed E-state index contributed by atoms with van der Waals surface area (Å²) in [5, 5.41) is 20.3. The summed E-state index contributed by atoms with van der Waals surface area (Å²) in [4.78, 5) is 52.4. The van der Waals surface area contributed by atoms with Gasteiger partial charge in [0, 0.05) is 68.8 Å². The average molecular weight is 678 g/mol. The van der Waals surface area contributed by atoms with Crippen molar-refractivity contribution in [2.45, 2.75) is 38.2 Å². The second-order valence-corrected chi connectivity index (χ2v) is 11.1. The molecule has 47 heavy (non-hydrogen) atoms. The van der Waals surface area contributed by atoms with Crippen molar-refractivity contribution in [1.29, 1.82) is 0 Å². The van der Waals surface area contributed by atoms with E-state index in [1.165, 1.54) is 5.56 Å². The molecule has 4 N–H and O–H groups in total. The number of amides is 3. The van der Waals surface area contributed by atoms with Gasteiger partial charge in [0.2, 0.25) is 5.91 Å². The lowest BCUT2D eigenvalue weighted by atomic mass is 9.60. The molecule has 4 heterocycles. The number of benzene rings is 1. The third-order valence-electron chi connectivity index (χ3n) is 8.25. The summed E-state index contributed by atoms with van der Waals surface area (Å²) in [5.74, 6) is -4.62. The van der Waals surface area contributed by atoms with Crippen LogP contribution in [0.2, 0.25) is 0 Å². The molecule has 1 atom stereocenters. The monoisotopic (exact) mass is 677 g/mol. The number of aliphatic carboxylic acids is 2. The van der Waals surface area contributed by atoms with E-state index in [0.29, 0.717) is 18.8 Å². The normalized spacial score (nSPS) is 20.4. The minimum absolute atomic E-state index is 0.103. The molecule has 0 saturated carbocycles. The molecule has 2 spiro atoms. The number of piperidine rings is 1. The number of carbonyl (C=O) groups is 4. The molecule has 12 nitrogen and oxygen atoms in total. The molecule has 3 aliphatic heterocycles. The molecule has 18 heteroatoms. The number of hydrogen-bond acceptors (Lipinski definition) is 7. The Labute approximate surface area is 264 Å². The standard InChI is InChI=1S/C25H31N5O3.2C2HF3O2/c1-33-21-6-2-5-20(14-21)28-23(32)30-12-8-24(9-13-30)17-29(16-19-4-3-10-26-15-19)18-25(24)7-11-27-22(25)31;2*3-2(4,5)1(6)7/h2-6,10,14-15H,7-9,11-13,16-18H2,1H3,(H,27,31)(H,28,32);2*(H,6,7). The lowest BCUT2D eigenvalue weighted by Gasteiger charge is -2.46. The molecule has 3 saturated heterocycles. The fourth-order valence-electron chi connectivity index (χ4n) is 6.05. The van der Waals surface area contributed by atoms with Crippen LogP contribution in [0.1, 0.15) is 24.8 Å². The number of anilines is 1. The third-order valence-corrected chi connectivity index (χ3v) is 8.25. The van der Waals surface area contributed by atoms with Crippen LogP contribution in [0, 0.1) is 10.8 Å². The van der Waals surface area contributed by atoms with Crippen molar-refractivity contribution in [3.63, 3.8) is 0 Å². The van der Waals surface area contributed by atoms with Gasteiger partial charge in [-0.1, -0.05) is 12.1 Å². The Morgan fingerprint density at radius 1 is 0.979 bits per heavy atom. The number of alkyl halides is 6. The number of methoxy groups -OCH3 is 1. The van der Waals surface area contributed by atoms with E-state index in [2.05, 4.69) is 26.6 Å². The lowest BCUT2D eigenvalue weighted by Crippen LogP contribution is -2.53. The van der Waals surface area contributed by atoms with Crippen LogP contribution < -0.4 is 15.4 Å². The number of nitrogens with one attached hydrogen (secondary N) is 2. The summed E-state index contributed by atoms with van der Waals surface area (Å²) >= 11 is 0. The summed E-state index contributed by atoms with van der Waals surface area (Å²) in [5.41, 5.74) is 1.40. The quantitative estimate of drug-likeness (QED) is 0.351. The maximum atomic E-state index is 13.1. The van der Waals surface area contributed by atoms with Crippen molar-refractivity contribution in [3.05, 3.63) is 54.4 Å². The number of urea groups is 1. The van der Waals surface area contributed by atoms with Crippen LogP contribution in [0.5, 0.6) is 5.75 Å². The number of rotatable bonds is 4. The van der Waals surface area contributed by atoms with E-state index in [0.717, 1.165) is 51.1 Å². The Morgan fingerprint density at radius 2 is 1.60 bits per heavy atom. The van der Waals surface area contributed by atoms with Gasteiger partial charge in [-0.2, -0.15) is 26.3 Å². The number of hydrogen-bond donors (Lipinski definition) is 4. The van der Waals surface area contributed by atoms with Gasteiger partial charge in [-0.25, -0.2) is 14.4 Å². The van der Waals surface area contributed by atoms with Gasteiger partial charge >= 0.3 is 30.3 Å². The Kier molecular flexibility index (Phi) is 11.7. The van der Waals surface area contributed by atoms with Crippen LogP contribution in [-0.4, -0.2) is 101 Å².